The molecule has 0 spiro atoms. The summed E-state index contributed by atoms with van der Waals surface area (Å²) in [5.74, 6) is 1.96. The maximum atomic E-state index is 5.57. The van der Waals surface area contributed by atoms with Crippen LogP contribution in [-0.2, 0) is 11.3 Å². The molecule has 5 nitrogen and oxygen atoms in total. The zero-order chi connectivity index (χ0) is 17.6. The van der Waals surface area contributed by atoms with Gasteiger partial charge in [-0.05, 0) is 17.7 Å². The number of ether oxygens (including phenoxy) is 1. The average Bonchev–Trinajstić information content (AvgIpc) is 3.34. The zero-order valence-corrected chi connectivity index (χ0v) is 15.5. The highest BCUT2D eigenvalue weighted by atomic mass is 32.2. The summed E-state index contributed by atoms with van der Waals surface area (Å²) < 4.78 is 13.2. The van der Waals surface area contributed by atoms with E-state index in [0.29, 0.717) is 6.54 Å². The number of hydrogen-bond acceptors (Lipinski definition) is 5. The summed E-state index contributed by atoms with van der Waals surface area (Å²) in [6.07, 6.45) is 3.69. The number of furan rings is 1. The van der Waals surface area contributed by atoms with E-state index in [-0.39, 0.29) is 0 Å². The molecule has 0 aliphatic carbocycles. The van der Waals surface area contributed by atoms with E-state index in [1.807, 2.05) is 24.4 Å². The van der Waals surface area contributed by atoms with Crippen molar-refractivity contribution >= 4 is 11.8 Å². The summed E-state index contributed by atoms with van der Waals surface area (Å²) in [7, 11) is 0. The number of imidazole rings is 1. The molecular formula is C20H23N3O2S. The van der Waals surface area contributed by atoms with E-state index in [1.54, 1.807) is 18.0 Å². The SMILES string of the molecule is c1ccc(-c2cnc(SCCN3CCOCC3)n2Cc2ccco2)cc1. The van der Waals surface area contributed by atoms with Crippen LogP contribution in [0.1, 0.15) is 5.76 Å². The molecule has 6 heteroatoms. The van der Waals surface area contributed by atoms with E-state index >= 15 is 0 Å². The lowest BCUT2D eigenvalue weighted by Crippen LogP contribution is -2.37. The zero-order valence-electron chi connectivity index (χ0n) is 14.7. The first kappa shape index (κ1) is 17.4. The number of hydrogen-bond donors (Lipinski definition) is 0. The van der Waals surface area contributed by atoms with Gasteiger partial charge in [-0.25, -0.2) is 4.98 Å². The van der Waals surface area contributed by atoms with E-state index in [1.165, 1.54) is 5.56 Å². The van der Waals surface area contributed by atoms with E-state index in [9.17, 15) is 0 Å². The number of thioether (sulfide) groups is 1. The molecule has 0 bridgehead atoms. The average molecular weight is 369 g/mol. The van der Waals surface area contributed by atoms with Gasteiger partial charge in [-0.1, -0.05) is 42.1 Å². The molecule has 3 aromatic rings. The van der Waals surface area contributed by atoms with E-state index < -0.39 is 0 Å². The molecule has 4 rings (SSSR count). The molecule has 3 heterocycles. The van der Waals surface area contributed by atoms with Gasteiger partial charge in [0, 0.05) is 25.4 Å². The monoisotopic (exact) mass is 369 g/mol. The molecular weight excluding hydrogens is 346 g/mol. The van der Waals surface area contributed by atoms with Gasteiger partial charge in [0.25, 0.3) is 0 Å². The minimum atomic E-state index is 0.692. The van der Waals surface area contributed by atoms with E-state index in [0.717, 1.165) is 55.2 Å². The fraction of sp³-hybridized carbons (Fsp3) is 0.350. The molecule has 1 aliphatic rings. The lowest BCUT2D eigenvalue weighted by Gasteiger charge is -2.26. The standard InChI is InChI=1S/C20H23N3O2S/c1-2-5-17(6-3-1)19-15-21-20(23(19)16-18-7-4-11-25-18)26-14-10-22-8-12-24-13-9-22/h1-7,11,15H,8-10,12-14,16H2. The Morgan fingerprint density at radius 2 is 1.88 bits per heavy atom. The molecule has 1 saturated heterocycles. The van der Waals surface area contributed by atoms with Crippen LogP contribution in [0.25, 0.3) is 11.3 Å². The molecule has 1 aromatic carbocycles. The third-order valence-corrected chi connectivity index (χ3v) is 5.50. The maximum Gasteiger partial charge on any atom is 0.168 e. The highest BCUT2D eigenvalue weighted by molar-refractivity contribution is 7.99. The van der Waals surface area contributed by atoms with Crippen molar-refractivity contribution in [3.63, 3.8) is 0 Å². The molecule has 0 radical (unpaired) electrons. The highest BCUT2D eigenvalue weighted by Crippen LogP contribution is 2.27. The Morgan fingerprint density at radius 1 is 1.04 bits per heavy atom. The quantitative estimate of drug-likeness (QED) is 0.595. The third-order valence-electron chi connectivity index (χ3n) is 4.52. The second-order valence-electron chi connectivity index (χ2n) is 6.26. The van der Waals surface area contributed by atoms with Crippen molar-refractivity contribution in [1.82, 2.24) is 14.5 Å². The largest absolute Gasteiger partial charge is 0.467 e. The number of aromatic nitrogens is 2. The Morgan fingerprint density at radius 3 is 2.65 bits per heavy atom. The van der Waals surface area contributed by atoms with Gasteiger partial charge in [-0.2, -0.15) is 0 Å². The summed E-state index contributed by atoms with van der Waals surface area (Å²) in [6, 6.07) is 14.3. The second kappa shape index (κ2) is 8.58. The van der Waals surface area contributed by atoms with Crippen LogP contribution >= 0.6 is 11.8 Å². The Labute approximate surface area is 158 Å². The number of benzene rings is 1. The Balaban J connectivity index is 1.50. The van der Waals surface area contributed by atoms with Gasteiger partial charge in [0.15, 0.2) is 5.16 Å². The van der Waals surface area contributed by atoms with Crippen LogP contribution < -0.4 is 0 Å². The van der Waals surface area contributed by atoms with Crippen LogP contribution in [-0.4, -0.2) is 53.1 Å². The van der Waals surface area contributed by atoms with Crippen LogP contribution in [0, 0.1) is 0 Å². The van der Waals surface area contributed by atoms with Crippen LogP contribution in [0.3, 0.4) is 0 Å². The van der Waals surface area contributed by atoms with Crippen molar-refractivity contribution in [1.29, 1.82) is 0 Å². The highest BCUT2D eigenvalue weighted by Gasteiger charge is 2.15. The Kier molecular flexibility index (Phi) is 5.74. The van der Waals surface area contributed by atoms with Crippen molar-refractivity contribution < 1.29 is 9.15 Å². The lowest BCUT2D eigenvalue weighted by atomic mass is 10.2. The fourth-order valence-electron chi connectivity index (χ4n) is 3.12. The molecule has 26 heavy (non-hydrogen) atoms. The first-order valence-corrected chi connectivity index (χ1v) is 9.95. The first-order chi connectivity index (χ1) is 12.9. The molecule has 136 valence electrons. The molecule has 0 unspecified atom stereocenters. The predicted molar refractivity (Wildman–Crippen MR) is 103 cm³/mol. The second-order valence-corrected chi connectivity index (χ2v) is 7.32. The van der Waals surface area contributed by atoms with Gasteiger partial charge >= 0.3 is 0 Å². The smallest absolute Gasteiger partial charge is 0.168 e. The number of rotatable bonds is 7. The van der Waals surface area contributed by atoms with Crippen molar-refractivity contribution in [3.05, 3.63) is 60.7 Å². The minimum absolute atomic E-state index is 0.692. The fourth-order valence-corrected chi connectivity index (χ4v) is 4.09. The van der Waals surface area contributed by atoms with Crippen LogP contribution in [0.5, 0.6) is 0 Å². The summed E-state index contributed by atoms with van der Waals surface area (Å²) in [6.45, 7) is 5.48. The van der Waals surface area contributed by atoms with E-state index in [4.69, 9.17) is 14.1 Å². The summed E-state index contributed by atoms with van der Waals surface area (Å²) in [5, 5.41) is 1.04. The first-order valence-electron chi connectivity index (χ1n) is 8.96. The molecule has 1 aliphatic heterocycles. The van der Waals surface area contributed by atoms with Crippen molar-refractivity contribution in [3.8, 4) is 11.3 Å². The lowest BCUT2D eigenvalue weighted by molar-refractivity contribution is 0.0410. The topological polar surface area (TPSA) is 43.4 Å². The predicted octanol–water partition coefficient (Wildman–Crippen LogP) is 3.62. The van der Waals surface area contributed by atoms with Gasteiger partial charge in [0.2, 0.25) is 0 Å². The molecule has 0 amide bonds. The summed E-state index contributed by atoms with van der Waals surface area (Å²) in [4.78, 5) is 7.15. The molecule has 0 atom stereocenters. The Hall–Kier alpha value is -2.02. The minimum Gasteiger partial charge on any atom is -0.467 e. The van der Waals surface area contributed by atoms with Crippen LogP contribution in [0.2, 0.25) is 0 Å². The van der Waals surface area contributed by atoms with Gasteiger partial charge in [-0.3, -0.25) is 4.90 Å². The Bertz CT molecular complexity index is 796. The van der Waals surface area contributed by atoms with E-state index in [2.05, 4.69) is 33.7 Å². The normalized spacial score (nSPS) is 15.4. The van der Waals surface area contributed by atoms with Crippen LogP contribution in [0.4, 0.5) is 0 Å². The van der Waals surface area contributed by atoms with Gasteiger partial charge in [-0.15, -0.1) is 0 Å². The number of morpholine rings is 1. The van der Waals surface area contributed by atoms with Gasteiger partial charge in [0.1, 0.15) is 5.76 Å². The molecule has 1 fully saturated rings. The summed E-state index contributed by atoms with van der Waals surface area (Å²) in [5.41, 5.74) is 2.29. The molecule has 0 saturated carbocycles. The van der Waals surface area contributed by atoms with Gasteiger partial charge < -0.3 is 13.7 Å². The summed E-state index contributed by atoms with van der Waals surface area (Å²) >= 11 is 1.81. The maximum absolute atomic E-state index is 5.57. The molecule has 0 N–H and O–H groups in total. The van der Waals surface area contributed by atoms with Gasteiger partial charge in [0.05, 0.1) is 37.9 Å². The van der Waals surface area contributed by atoms with Crippen molar-refractivity contribution in [2.45, 2.75) is 11.7 Å². The van der Waals surface area contributed by atoms with Crippen molar-refractivity contribution in [2.24, 2.45) is 0 Å². The van der Waals surface area contributed by atoms with Crippen LogP contribution in [0.15, 0.2) is 64.5 Å². The van der Waals surface area contributed by atoms with Crippen molar-refractivity contribution in [2.75, 3.05) is 38.6 Å². The molecule has 2 aromatic heterocycles. The third kappa shape index (κ3) is 4.20. The number of nitrogens with zero attached hydrogens (tertiary/aromatic N) is 3.